The average molecular weight is 609 g/mol. The zero-order chi connectivity index (χ0) is 31.4. The van der Waals surface area contributed by atoms with Gasteiger partial charge in [0.25, 0.3) is 0 Å². The van der Waals surface area contributed by atoms with E-state index < -0.39 is 46.5 Å². The molecule has 0 aliphatic rings. The van der Waals surface area contributed by atoms with Gasteiger partial charge in [0, 0.05) is 22.8 Å². The lowest BCUT2D eigenvalue weighted by Crippen LogP contribution is -2.21. The Balaban J connectivity index is 1.32. The standard InChI is InChI=1S/C36H27F7O/c1-2-3-4-5-22-6-14-29(32(38)18-22)24-10-16-30(34(40)20-24)25-9-15-28(33(39)19-25)23-7-11-26(12-8-23)36(42,43)44-27-13-17-31(37)35(41)21-27/h6-21H,2-5H2,1H3. The summed E-state index contributed by atoms with van der Waals surface area (Å²) in [5.74, 6) is -4.92. The van der Waals surface area contributed by atoms with Gasteiger partial charge in [0.2, 0.25) is 0 Å². The van der Waals surface area contributed by atoms with Crippen LogP contribution in [-0.4, -0.2) is 0 Å². The molecule has 226 valence electrons. The number of aryl methyl sites for hydroxylation is 1. The van der Waals surface area contributed by atoms with Crippen molar-refractivity contribution in [1.29, 1.82) is 0 Å². The van der Waals surface area contributed by atoms with E-state index in [0.717, 1.165) is 55.5 Å². The SMILES string of the molecule is CCCCCc1ccc(-c2ccc(-c3ccc(-c4ccc(C(F)(F)Oc5ccc(F)c(F)c5)cc4)c(F)c3)c(F)c2)c(F)c1. The number of rotatable bonds is 10. The van der Waals surface area contributed by atoms with Crippen LogP contribution in [0.4, 0.5) is 30.7 Å². The summed E-state index contributed by atoms with van der Waals surface area (Å²) in [5, 5.41) is 0. The van der Waals surface area contributed by atoms with E-state index in [-0.39, 0.29) is 27.8 Å². The van der Waals surface area contributed by atoms with Crippen molar-refractivity contribution in [2.75, 3.05) is 0 Å². The molecular weight excluding hydrogens is 581 g/mol. The van der Waals surface area contributed by atoms with Crippen molar-refractivity contribution < 1.29 is 35.5 Å². The van der Waals surface area contributed by atoms with E-state index in [1.54, 1.807) is 12.1 Å². The minimum Gasteiger partial charge on any atom is -0.429 e. The smallest absolute Gasteiger partial charge is 0.426 e. The minimum atomic E-state index is -3.88. The summed E-state index contributed by atoms with van der Waals surface area (Å²) in [7, 11) is 0. The molecule has 0 atom stereocenters. The zero-order valence-corrected chi connectivity index (χ0v) is 23.6. The molecule has 0 saturated heterocycles. The van der Waals surface area contributed by atoms with E-state index in [2.05, 4.69) is 11.7 Å². The zero-order valence-electron chi connectivity index (χ0n) is 23.6. The number of hydrogen-bond acceptors (Lipinski definition) is 1. The number of ether oxygens (including phenoxy) is 1. The second-order valence-electron chi connectivity index (χ2n) is 10.4. The molecule has 0 saturated carbocycles. The van der Waals surface area contributed by atoms with Crippen LogP contribution >= 0.6 is 0 Å². The van der Waals surface area contributed by atoms with Gasteiger partial charge >= 0.3 is 6.11 Å². The Kier molecular flexibility index (Phi) is 9.09. The summed E-state index contributed by atoms with van der Waals surface area (Å²) in [6.07, 6.45) is -0.0247. The van der Waals surface area contributed by atoms with Gasteiger partial charge in [-0.2, -0.15) is 8.78 Å². The first kappa shape index (κ1) is 30.9. The van der Waals surface area contributed by atoms with Crippen LogP contribution in [0, 0.1) is 29.1 Å². The van der Waals surface area contributed by atoms with E-state index in [9.17, 15) is 22.0 Å². The highest BCUT2D eigenvalue weighted by Gasteiger charge is 2.34. The Morgan fingerprint density at radius 1 is 0.523 bits per heavy atom. The first-order valence-corrected chi connectivity index (χ1v) is 14.1. The number of benzene rings is 5. The normalized spacial score (nSPS) is 11.5. The fourth-order valence-corrected chi connectivity index (χ4v) is 4.95. The molecule has 0 radical (unpaired) electrons. The van der Waals surface area contributed by atoms with E-state index in [0.29, 0.717) is 17.7 Å². The van der Waals surface area contributed by atoms with Gasteiger partial charge in [-0.3, -0.25) is 0 Å². The van der Waals surface area contributed by atoms with Crippen LogP contribution in [0.2, 0.25) is 0 Å². The van der Waals surface area contributed by atoms with Gasteiger partial charge in [-0.05, 0) is 77.6 Å². The molecule has 8 heteroatoms. The van der Waals surface area contributed by atoms with Crippen LogP contribution in [0.1, 0.15) is 37.3 Å². The number of halogens is 7. The van der Waals surface area contributed by atoms with Crippen molar-refractivity contribution in [1.82, 2.24) is 0 Å². The first-order valence-electron chi connectivity index (χ1n) is 14.1. The predicted molar refractivity (Wildman–Crippen MR) is 157 cm³/mol. The van der Waals surface area contributed by atoms with Gasteiger partial charge < -0.3 is 4.74 Å². The van der Waals surface area contributed by atoms with Crippen LogP contribution in [0.3, 0.4) is 0 Å². The lowest BCUT2D eigenvalue weighted by atomic mass is 9.96. The number of unbranched alkanes of at least 4 members (excludes halogenated alkanes) is 2. The van der Waals surface area contributed by atoms with Crippen LogP contribution in [0.15, 0.2) is 97.1 Å². The Hall–Kier alpha value is -4.59. The molecule has 0 bridgehead atoms. The highest BCUT2D eigenvalue weighted by Crippen LogP contribution is 2.36. The van der Waals surface area contributed by atoms with Gasteiger partial charge in [-0.25, -0.2) is 22.0 Å². The van der Waals surface area contributed by atoms with Crippen molar-refractivity contribution in [3.63, 3.8) is 0 Å². The molecule has 5 aromatic rings. The van der Waals surface area contributed by atoms with Crippen LogP contribution in [0.25, 0.3) is 33.4 Å². The summed E-state index contributed by atoms with van der Waals surface area (Å²) >= 11 is 0. The van der Waals surface area contributed by atoms with Gasteiger partial charge in [0.1, 0.15) is 23.2 Å². The maximum Gasteiger partial charge on any atom is 0.426 e. The second-order valence-corrected chi connectivity index (χ2v) is 10.4. The number of hydrogen-bond donors (Lipinski definition) is 0. The average Bonchev–Trinajstić information content (AvgIpc) is 2.99. The van der Waals surface area contributed by atoms with Gasteiger partial charge in [0.05, 0.1) is 5.56 Å². The van der Waals surface area contributed by atoms with Crippen LogP contribution in [0.5, 0.6) is 5.75 Å². The lowest BCUT2D eigenvalue weighted by Gasteiger charge is -2.19. The third-order valence-corrected chi connectivity index (χ3v) is 7.33. The third kappa shape index (κ3) is 6.80. The van der Waals surface area contributed by atoms with E-state index >= 15 is 8.78 Å². The summed E-state index contributed by atoms with van der Waals surface area (Å²) in [4.78, 5) is 0. The van der Waals surface area contributed by atoms with Gasteiger partial charge in [0.15, 0.2) is 11.6 Å². The molecule has 0 unspecified atom stereocenters. The molecular formula is C36H27F7O. The molecule has 44 heavy (non-hydrogen) atoms. The topological polar surface area (TPSA) is 9.23 Å². The molecule has 5 rings (SSSR count). The Labute approximate surface area is 250 Å². The summed E-state index contributed by atoms with van der Waals surface area (Å²) in [5.41, 5.74) is 1.62. The summed E-state index contributed by atoms with van der Waals surface area (Å²) in [6, 6.07) is 19.8. The van der Waals surface area contributed by atoms with Crippen molar-refractivity contribution in [2.45, 2.75) is 38.7 Å². The molecule has 0 aliphatic carbocycles. The second kappa shape index (κ2) is 13.0. The number of alkyl halides is 2. The maximum atomic E-state index is 15.2. The highest BCUT2D eigenvalue weighted by atomic mass is 19.3. The van der Waals surface area contributed by atoms with E-state index in [4.69, 9.17) is 0 Å². The van der Waals surface area contributed by atoms with Gasteiger partial charge in [-0.15, -0.1) is 0 Å². The van der Waals surface area contributed by atoms with E-state index in [1.807, 2.05) is 6.07 Å². The molecule has 5 aromatic carbocycles. The van der Waals surface area contributed by atoms with Crippen molar-refractivity contribution >= 4 is 0 Å². The van der Waals surface area contributed by atoms with E-state index in [1.165, 1.54) is 42.5 Å². The Morgan fingerprint density at radius 2 is 1.07 bits per heavy atom. The maximum absolute atomic E-state index is 15.2. The Morgan fingerprint density at radius 3 is 1.61 bits per heavy atom. The highest BCUT2D eigenvalue weighted by molar-refractivity contribution is 5.74. The van der Waals surface area contributed by atoms with Crippen LogP contribution in [-0.2, 0) is 12.5 Å². The molecule has 0 fully saturated rings. The van der Waals surface area contributed by atoms with Crippen molar-refractivity contribution in [3.05, 3.63) is 137 Å². The minimum absolute atomic E-state index is 0.0864. The fourth-order valence-electron chi connectivity index (χ4n) is 4.95. The monoisotopic (exact) mass is 608 g/mol. The van der Waals surface area contributed by atoms with Gasteiger partial charge in [-0.1, -0.05) is 68.3 Å². The third-order valence-electron chi connectivity index (χ3n) is 7.33. The molecule has 0 spiro atoms. The lowest BCUT2D eigenvalue weighted by molar-refractivity contribution is -0.185. The molecule has 0 N–H and O–H groups in total. The summed E-state index contributed by atoms with van der Waals surface area (Å²) < 4.78 is 105. The predicted octanol–water partition coefficient (Wildman–Crippen LogP) is 11.2. The molecule has 0 aliphatic heterocycles. The molecule has 0 heterocycles. The molecule has 0 aromatic heterocycles. The molecule has 1 nitrogen and oxygen atoms in total. The van der Waals surface area contributed by atoms with Crippen molar-refractivity contribution in [3.8, 4) is 39.1 Å². The fraction of sp³-hybridized carbons (Fsp3) is 0.167. The largest absolute Gasteiger partial charge is 0.429 e. The quantitative estimate of drug-likeness (QED) is 0.113. The molecule has 0 amide bonds. The first-order chi connectivity index (χ1) is 21.1. The Bertz CT molecular complexity index is 1780. The van der Waals surface area contributed by atoms with Crippen LogP contribution < -0.4 is 4.74 Å². The van der Waals surface area contributed by atoms with Crippen molar-refractivity contribution in [2.24, 2.45) is 0 Å². The summed E-state index contributed by atoms with van der Waals surface area (Å²) in [6.45, 7) is 2.10.